The molecule has 1 aliphatic rings. The van der Waals surface area contributed by atoms with Gasteiger partial charge in [0.15, 0.2) is 0 Å². The van der Waals surface area contributed by atoms with Gasteiger partial charge in [-0.25, -0.2) is 4.98 Å². The number of pyridine rings is 1. The Hall–Kier alpha value is -0.810. The van der Waals surface area contributed by atoms with E-state index < -0.39 is 0 Å². The number of nitrogens with one attached hydrogen (secondary N) is 2. The number of halogens is 1. The molecule has 1 aliphatic heterocycles. The Balaban J connectivity index is 2.03. The van der Waals surface area contributed by atoms with Gasteiger partial charge in [0, 0.05) is 37.0 Å². The van der Waals surface area contributed by atoms with Crippen molar-refractivity contribution < 1.29 is 4.74 Å². The first-order valence-electron chi connectivity index (χ1n) is 4.94. The summed E-state index contributed by atoms with van der Waals surface area (Å²) in [6.07, 6.45) is 2.78. The van der Waals surface area contributed by atoms with Gasteiger partial charge in [-0.15, -0.1) is 0 Å². The number of aromatic nitrogens is 1. The topological polar surface area (TPSA) is 46.2 Å². The van der Waals surface area contributed by atoms with Crippen LogP contribution in [0.25, 0.3) is 0 Å². The number of anilines is 2. The fourth-order valence-corrected chi connectivity index (χ4v) is 1.93. The molecule has 1 unspecified atom stereocenters. The number of hydrogen-bond donors (Lipinski definition) is 2. The maximum Gasteiger partial charge on any atom is 0.149 e. The van der Waals surface area contributed by atoms with Crippen LogP contribution in [0.1, 0.15) is 6.42 Å². The third-order valence-electron chi connectivity index (χ3n) is 2.40. The molecule has 0 spiro atoms. The molecule has 2 rings (SSSR count). The summed E-state index contributed by atoms with van der Waals surface area (Å²) >= 11 is 3.40. The number of nitrogens with zero attached hydrogens (tertiary/aromatic N) is 1. The molecule has 0 amide bonds. The van der Waals surface area contributed by atoms with E-state index in [1.54, 1.807) is 13.3 Å². The monoisotopic (exact) mass is 271 g/mol. The largest absolute Gasteiger partial charge is 0.385 e. The van der Waals surface area contributed by atoms with Crippen LogP contribution in [-0.2, 0) is 4.74 Å². The van der Waals surface area contributed by atoms with E-state index in [1.807, 2.05) is 6.07 Å². The van der Waals surface area contributed by atoms with Crippen LogP contribution in [-0.4, -0.2) is 31.3 Å². The average Bonchev–Trinajstić information content (AvgIpc) is 2.26. The molecule has 0 bridgehead atoms. The first-order valence-corrected chi connectivity index (χ1v) is 5.74. The molecule has 5 heteroatoms. The molecule has 0 saturated carbocycles. The minimum absolute atomic E-state index is 0.395. The molecule has 1 atom stereocenters. The Bertz CT molecular complexity index is 345. The van der Waals surface area contributed by atoms with Crippen molar-refractivity contribution in [3.8, 4) is 0 Å². The van der Waals surface area contributed by atoms with E-state index in [9.17, 15) is 0 Å². The summed E-state index contributed by atoms with van der Waals surface area (Å²) < 4.78 is 6.05. The number of hydrogen-bond acceptors (Lipinski definition) is 4. The Labute approximate surface area is 97.6 Å². The molecular weight excluding hydrogens is 258 g/mol. The summed E-state index contributed by atoms with van der Waals surface area (Å²) in [6.45, 7) is 1.68. The lowest BCUT2D eigenvalue weighted by Gasteiger charge is -2.27. The van der Waals surface area contributed by atoms with Crippen molar-refractivity contribution >= 4 is 27.4 Å². The van der Waals surface area contributed by atoms with E-state index in [0.29, 0.717) is 6.04 Å². The lowest BCUT2D eigenvalue weighted by Crippen LogP contribution is -2.34. The molecule has 2 N–H and O–H groups in total. The van der Waals surface area contributed by atoms with Gasteiger partial charge in [0.05, 0.1) is 5.69 Å². The lowest BCUT2D eigenvalue weighted by atomic mass is 10.1. The average molecular weight is 272 g/mol. The van der Waals surface area contributed by atoms with Crippen molar-refractivity contribution in [1.29, 1.82) is 0 Å². The van der Waals surface area contributed by atoms with Crippen molar-refractivity contribution in [2.75, 3.05) is 30.9 Å². The maximum absolute atomic E-state index is 5.06. The summed E-state index contributed by atoms with van der Waals surface area (Å²) in [7, 11) is 1.72. The van der Waals surface area contributed by atoms with Gasteiger partial charge in [-0.3, -0.25) is 0 Å². The van der Waals surface area contributed by atoms with Crippen molar-refractivity contribution in [3.63, 3.8) is 0 Å². The minimum atomic E-state index is 0.395. The van der Waals surface area contributed by atoms with E-state index in [4.69, 9.17) is 4.74 Å². The zero-order chi connectivity index (χ0) is 10.7. The summed E-state index contributed by atoms with van der Waals surface area (Å²) in [6, 6.07) is 2.42. The van der Waals surface area contributed by atoms with E-state index in [-0.39, 0.29) is 0 Å². The molecule has 0 aliphatic carbocycles. The third kappa shape index (κ3) is 2.60. The van der Waals surface area contributed by atoms with Gasteiger partial charge in [0.2, 0.25) is 0 Å². The van der Waals surface area contributed by atoms with Crippen LogP contribution in [0.5, 0.6) is 0 Å². The molecule has 0 radical (unpaired) electrons. The summed E-state index contributed by atoms with van der Waals surface area (Å²) in [5, 5.41) is 6.74. The highest BCUT2D eigenvalue weighted by Gasteiger charge is 2.17. The van der Waals surface area contributed by atoms with Gasteiger partial charge in [-0.2, -0.15) is 0 Å². The van der Waals surface area contributed by atoms with Crippen LogP contribution in [0, 0.1) is 0 Å². The highest BCUT2D eigenvalue weighted by atomic mass is 79.9. The Morgan fingerprint density at radius 2 is 2.53 bits per heavy atom. The summed E-state index contributed by atoms with van der Waals surface area (Å²) in [5.74, 6) is 0.922. The lowest BCUT2D eigenvalue weighted by molar-refractivity contribution is 0.190. The fraction of sp³-hybridized carbons (Fsp3) is 0.500. The maximum atomic E-state index is 5.06. The fourth-order valence-electron chi connectivity index (χ4n) is 1.60. The summed E-state index contributed by atoms with van der Waals surface area (Å²) in [5.41, 5.74) is 1.05. The van der Waals surface area contributed by atoms with Crippen LogP contribution in [0.2, 0.25) is 0 Å². The van der Waals surface area contributed by atoms with E-state index in [0.717, 1.165) is 35.6 Å². The third-order valence-corrected chi connectivity index (χ3v) is 2.84. The molecule has 0 aromatic carbocycles. The van der Waals surface area contributed by atoms with E-state index >= 15 is 0 Å². The molecule has 1 aromatic rings. The molecule has 4 nitrogen and oxygen atoms in total. The van der Waals surface area contributed by atoms with Gasteiger partial charge in [-0.05, 0) is 28.4 Å². The zero-order valence-corrected chi connectivity index (χ0v) is 10.2. The predicted molar refractivity (Wildman–Crippen MR) is 64.3 cm³/mol. The smallest absolute Gasteiger partial charge is 0.149 e. The van der Waals surface area contributed by atoms with Crippen LogP contribution < -0.4 is 10.6 Å². The van der Waals surface area contributed by atoms with Crippen LogP contribution in [0.3, 0.4) is 0 Å². The van der Waals surface area contributed by atoms with Crippen molar-refractivity contribution in [2.24, 2.45) is 0 Å². The van der Waals surface area contributed by atoms with Gasteiger partial charge in [-0.1, -0.05) is 0 Å². The van der Waals surface area contributed by atoms with E-state index in [2.05, 4.69) is 31.5 Å². The SMILES string of the molecule is COCCC1CNc2cc(Br)cnc2N1. The van der Waals surface area contributed by atoms with Gasteiger partial charge in [0.25, 0.3) is 0 Å². The molecular formula is C10H14BrN3O. The van der Waals surface area contributed by atoms with Gasteiger partial charge < -0.3 is 15.4 Å². The minimum Gasteiger partial charge on any atom is -0.385 e. The number of methoxy groups -OCH3 is 1. The summed E-state index contributed by atoms with van der Waals surface area (Å²) in [4.78, 5) is 4.32. The Kier molecular flexibility index (Phi) is 3.43. The molecule has 82 valence electrons. The highest BCUT2D eigenvalue weighted by Crippen LogP contribution is 2.27. The van der Waals surface area contributed by atoms with Crippen molar-refractivity contribution in [3.05, 3.63) is 16.7 Å². The Morgan fingerprint density at radius 1 is 1.67 bits per heavy atom. The van der Waals surface area contributed by atoms with Crippen molar-refractivity contribution in [1.82, 2.24) is 4.98 Å². The molecule has 0 fully saturated rings. The number of ether oxygens (including phenoxy) is 1. The quantitative estimate of drug-likeness (QED) is 0.884. The van der Waals surface area contributed by atoms with Crippen molar-refractivity contribution in [2.45, 2.75) is 12.5 Å². The highest BCUT2D eigenvalue weighted by molar-refractivity contribution is 9.10. The second-order valence-electron chi connectivity index (χ2n) is 3.55. The normalized spacial score (nSPS) is 18.9. The number of rotatable bonds is 3. The molecule has 0 saturated heterocycles. The predicted octanol–water partition coefficient (Wildman–Crippen LogP) is 2.09. The first kappa shape index (κ1) is 10.7. The Morgan fingerprint density at radius 3 is 3.33 bits per heavy atom. The standard InChI is InChI=1S/C10H14BrN3O/c1-15-3-2-8-6-12-9-4-7(11)5-13-10(9)14-8/h4-5,8,12H,2-3,6H2,1H3,(H,13,14). The van der Waals surface area contributed by atoms with Crippen LogP contribution in [0.15, 0.2) is 16.7 Å². The first-order chi connectivity index (χ1) is 7.29. The van der Waals surface area contributed by atoms with Gasteiger partial charge in [0.1, 0.15) is 5.82 Å². The number of fused-ring (bicyclic) bond motifs is 1. The second-order valence-corrected chi connectivity index (χ2v) is 4.47. The van der Waals surface area contributed by atoms with Gasteiger partial charge >= 0.3 is 0 Å². The molecule has 15 heavy (non-hydrogen) atoms. The zero-order valence-electron chi connectivity index (χ0n) is 8.59. The van der Waals surface area contributed by atoms with Crippen LogP contribution in [0.4, 0.5) is 11.5 Å². The molecule has 1 aromatic heterocycles. The second kappa shape index (κ2) is 4.81. The van der Waals surface area contributed by atoms with E-state index in [1.165, 1.54) is 0 Å². The molecule has 2 heterocycles. The van der Waals surface area contributed by atoms with Crippen LogP contribution >= 0.6 is 15.9 Å².